The van der Waals surface area contributed by atoms with Crippen LogP contribution < -0.4 is 10.1 Å². The second kappa shape index (κ2) is 8.15. The summed E-state index contributed by atoms with van der Waals surface area (Å²) < 4.78 is 5.77. The number of carbonyl (C=O) groups excluding carboxylic acids is 1. The number of rotatable bonds is 5. The van der Waals surface area contributed by atoms with Crippen LogP contribution in [0.5, 0.6) is 5.75 Å². The molecule has 0 heterocycles. The molecule has 0 bridgehead atoms. The number of hydrogen-bond acceptors (Lipinski definition) is 2. The van der Waals surface area contributed by atoms with E-state index in [1.807, 2.05) is 66.7 Å². The maximum Gasteiger partial charge on any atom is 0.255 e. The Hall–Kier alpha value is -3.30. The van der Waals surface area contributed by atoms with Gasteiger partial charge < -0.3 is 10.1 Å². The maximum atomic E-state index is 12.6. The largest absolute Gasteiger partial charge is 0.489 e. The van der Waals surface area contributed by atoms with E-state index in [0.29, 0.717) is 22.9 Å². The molecular formula is C24H18ClNO2. The van der Waals surface area contributed by atoms with Crippen molar-refractivity contribution in [3.8, 4) is 5.75 Å². The van der Waals surface area contributed by atoms with Crippen LogP contribution in [0.3, 0.4) is 0 Å². The molecule has 0 saturated carbocycles. The Morgan fingerprint density at radius 1 is 0.821 bits per heavy atom. The van der Waals surface area contributed by atoms with Crippen LogP contribution in [-0.4, -0.2) is 5.91 Å². The van der Waals surface area contributed by atoms with E-state index in [1.165, 1.54) is 0 Å². The number of fused-ring (bicyclic) bond motifs is 1. The van der Waals surface area contributed by atoms with Gasteiger partial charge in [-0.05, 0) is 41.8 Å². The average Bonchev–Trinajstić information content (AvgIpc) is 2.74. The van der Waals surface area contributed by atoms with Gasteiger partial charge in [0.1, 0.15) is 12.4 Å². The molecular weight excluding hydrogens is 370 g/mol. The van der Waals surface area contributed by atoms with Gasteiger partial charge in [-0.1, -0.05) is 66.2 Å². The third-order valence-electron chi connectivity index (χ3n) is 4.51. The summed E-state index contributed by atoms with van der Waals surface area (Å²) in [7, 11) is 0. The number of carbonyl (C=O) groups is 1. The van der Waals surface area contributed by atoms with E-state index in [0.717, 1.165) is 22.0 Å². The van der Waals surface area contributed by atoms with Crippen molar-refractivity contribution in [1.29, 1.82) is 0 Å². The molecule has 4 aromatic carbocycles. The molecule has 3 nitrogen and oxygen atoms in total. The van der Waals surface area contributed by atoms with Crippen molar-refractivity contribution < 1.29 is 9.53 Å². The molecule has 1 amide bonds. The molecule has 0 fully saturated rings. The fourth-order valence-corrected chi connectivity index (χ4v) is 3.20. The van der Waals surface area contributed by atoms with Crippen LogP contribution in [-0.2, 0) is 6.61 Å². The predicted molar refractivity (Wildman–Crippen MR) is 114 cm³/mol. The molecule has 0 aliphatic carbocycles. The number of anilines is 1. The van der Waals surface area contributed by atoms with Crippen LogP contribution in [0.1, 0.15) is 15.9 Å². The highest BCUT2D eigenvalue weighted by Crippen LogP contribution is 2.24. The molecule has 0 aliphatic heterocycles. The fourth-order valence-electron chi connectivity index (χ4n) is 3.01. The monoisotopic (exact) mass is 387 g/mol. The van der Waals surface area contributed by atoms with Gasteiger partial charge in [0.25, 0.3) is 5.91 Å². The third-order valence-corrected chi connectivity index (χ3v) is 4.88. The lowest BCUT2D eigenvalue weighted by atomic mass is 10.1. The highest BCUT2D eigenvalue weighted by Gasteiger charge is 2.09. The second-order valence-electron chi connectivity index (χ2n) is 6.39. The minimum absolute atomic E-state index is 0.158. The first-order valence-electron chi connectivity index (χ1n) is 8.96. The predicted octanol–water partition coefficient (Wildman–Crippen LogP) is 6.32. The first-order valence-corrected chi connectivity index (χ1v) is 9.34. The Morgan fingerprint density at radius 2 is 1.54 bits per heavy atom. The summed E-state index contributed by atoms with van der Waals surface area (Å²) in [4.78, 5) is 12.6. The van der Waals surface area contributed by atoms with Crippen molar-refractivity contribution >= 4 is 34.0 Å². The molecule has 1 N–H and O–H groups in total. The van der Waals surface area contributed by atoms with Crippen molar-refractivity contribution in [1.82, 2.24) is 0 Å². The first kappa shape index (κ1) is 18.1. The van der Waals surface area contributed by atoms with E-state index in [2.05, 4.69) is 5.32 Å². The molecule has 0 radical (unpaired) electrons. The number of amides is 1. The van der Waals surface area contributed by atoms with Crippen LogP contribution in [0, 0.1) is 0 Å². The van der Waals surface area contributed by atoms with Gasteiger partial charge in [-0.2, -0.15) is 0 Å². The van der Waals surface area contributed by atoms with Crippen LogP contribution in [0.15, 0.2) is 91.0 Å². The topological polar surface area (TPSA) is 38.3 Å². The fraction of sp³-hybridized carbons (Fsp3) is 0.0417. The molecule has 0 unspecified atom stereocenters. The van der Waals surface area contributed by atoms with E-state index in [-0.39, 0.29) is 5.91 Å². The van der Waals surface area contributed by atoms with Gasteiger partial charge in [-0.3, -0.25) is 4.79 Å². The lowest BCUT2D eigenvalue weighted by molar-refractivity contribution is 0.102. The molecule has 138 valence electrons. The van der Waals surface area contributed by atoms with Gasteiger partial charge in [0.05, 0.1) is 0 Å². The van der Waals surface area contributed by atoms with Crippen molar-refractivity contribution in [3.63, 3.8) is 0 Å². The Bertz CT molecular complexity index is 1120. The molecule has 4 heteroatoms. The Kier molecular flexibility index (Phi) is 5.27. The van der Waals surface area contributed by atoms with Crippen LogP contribution in [0.4, 0.5) is 5.69 Å². The van der Waals surface area contributed by atoms with E-state index < -0.39 is 0 Å². The molecule has 0 atom stereocenters. The van der Waals surface area contributed by atoms with Gasteiger partial charge in [-0.25, -0.2) is 0 Å². The number of ether oxygens (including phenoxy) is 1. The van der Waals surface area contributed by atoms with Crippen molar-refractivity contribution in [3.05, 3.63) is 107 Å². The summed E-state index contributed by atoms with van der Waals surface area (Å²) >= 11 is 6.14. The molecule has 0 aromatic heterocycles. The summed E-state index contributed by atoms with van der Waals surface area (Å²) in [5.41, 5.74) is 2.28. The van der Waals surface area contributed by atoms with Crippen molar-refractivity contribution in [2.24, 2.45) is 0 Å². The zero-order valence-electron chi connectivity index (χ0n) is 15.1. The first-order chi connectivity index (χ1) is 13.7. The molecule has 28 heavy (non-hydrogen) atoms. The van der Waals surface area contributed by atoms with Crippen LogP contribution in [0.2, 0.25) is 5.02 Å². The molecule has 0 spiro atoms. The highest BCUT2D eigenvalue weighted by molar-refractivity contribution is 6.31. The molecule has 4 rings (SSSR count). The molecule has 0 saturated heterocycles. The van der Waals surface area contributed by atoms with Gasteiger partial charge in [-0.15, -0.1) is 0 Å². The van der Waals surface area contributed by atoms with E-state index in [1.54, 1.807) is 24.3 Å². The van der Waals surface area contributed by atoms with Gasteiger partial charge in [0.15, 0.2) is 0 Å². The maximum absolute atomic E-state index is 12.6. The standard InChI is InChI=1S/C24H18ClNO2/c25-22-10-4-2-7-19(22)16-28-20-14-12-18(13-15-20)24(27)26-23-11-5-8-17-6-1-3-9-21(17)23/h1-15H,16H2,(H,26,27). The highest BCUT2D eigenvalue weighted by atomic mass is 35.5. The number of nitrogens with one attached hydrogen (secondary N) is 1. The third kappa shape index (κ3) is 4.00. The summed E-state index contributed by atoms with van der Waals surface area (Å²) in [6.07, 6.45) is 0. The zero-order chi connectivity index (χ0) is 19.3. The summed E-state index contributed by atoms with van der Waals surface area (Å²) in [5, 5.41) is 5.76. The number of hydrogen-bond donors (Lipinski definition) is 1. The molecule has 0 aliphatic rings. The lowest BCUT2D eigenvalue weighted by Crippen LogP contribution is -2.12. The number of halogens is 1. The normalized spacial score (nSPS) is 10.6. The van der Waals surface area contributed by atoms with E-state index >= 15 is 0 Å². The Labute approximate surface area is 168 Å². The van der Waals surface area contributed by atoms with Crippen LogP contribution >= 0.6 is 11.6 Å². The van der Waals surface area contributed by atoms with Crippen molar-refractivity contribution in [2.75, 3.05) is 5.32 Å². The van der Waals surface area contributed by atoms with Gasteiger partial charge >= 0.3 is 0 Å². The number of benzene rings is 4. The van der Waals surface area contributed by atoms with Gasteiger partial charge in [0.2, 0.25) is 0 Å². The average molecular weight is 388 g/mol. The minimum Gasteiger partial charge on any atom is -0.489 e. The minimum atomic E-state index is -0.158. The van der Waals surface area contributed by atoms with E-state index in [9.17, 15) is 4.79 Å². The summed E-state index contributed by atoms with van der Waals surface area (Å²) in [6, 6.07) is 28.5. The molecule has 4 aromatic rings. The Balaban J connectivity index is 1.44. The quantitative estimate of drug-likeness (QED) is 0.435. The smallest absolute Gasteiger partial charge is 0.255 e. The second-order valence-corrected chi connectivity index (χ2v) is 6.79. The SMILES string of the molecule is O=C(Nc1cccc2ccccc12)c1ccc(OCc2ccccc2Cl)cc1. The Morgan fingerprint density at radius 3 is 2.36 bits per heavy atom. The summed E-state index contributed by atoms with van der Waals surface area (Å²) in [6.45, 7) is 0.376. The zero-order valence-corrected chi connectivity index (χ0v) is 15.8. The van der Waals surface area contributed by atoms with Crippen LogP contribution in [0.25, 0.3) is 10.8 Å². The lowest BCUT2D eigenvalue weighted by Gasteiger charge is -2.10. The van der Waals surface area contributed by atoms with Crippen molar-refractivity contribution in [2.45, 2.75) is 6.61 Å². The summed E-state index contributed by atoms with van der Waals surface area (Å²) in [5.74, 6) is 0.524. The van der Waals surface area contributed by atoms with E-state index in [4.69, 9.17) is 16.3 Å². The van der Waals surface area contributed by atoms with Gasteiger partial charge in [0, 0.05) is 27.2 Å².